The number of amides is 1. The van der Waals surface area contributed by atoms with Gasteiger partial charge >= 0.3 is 6.18 Å². The Kier molecular flexibility index (Phi) is 4.94. The molecule has 1 unspecified atom stereocenters. The van der Waals surface area contributed by atoms with E-state index in [-0.39, 0.29) is 17.0 Å². The molecule has 164 valence electrons. The summed E-state index contributed by atoms with van der Waals surface area (Å²) in [6.45, 7) is 6.61. The number of rotatable bonds is 4. The van der Waals surface area contributed by atoms with Gasteiger partial charge in [0.15, 0.2) is 0 Å². The number of fused-ring (bicyclic) bond motifs is 1. The number of nitrogens with two attached hydrogens (primary N) is 1. The van der Waals surface area contributed by atoms with E-state index in [9.17, 15) is 18.0 Å². The van der Waals surface area contributed by atoms with Crippen molar-refractivity contribution in [3.63, 3.8) is 0 Å². The van der Waals surface area contributed by atoms with E-state index in [1.807, 2.05) is 0 Å². The largest absolute Gasteiger partial charge is 0.433 e. The summed E-state index contributed by atoms with van der Waals surface area (Å²) in [4.78, 5) is 15.6. The van der Waals surface area contributed by atoms with Gasteiger partial charge in [-0.25, -0.2) is 4.52 Å². The summed E-state index contributed by atoms with van der Waals surface area (Å²) < 4.78 is 40.0. The first kappa shape index (κ1) is 21.1. The molecule has 9 heteroatoms. The van der Waals surface area contributed by atoms with E-state index >= 15 is 0 Å². The normalized spacial score (nSPS) is 20.8. The SMILES string of the molecule is CC1CC[C@@H](Nc2c(C(N)=O)cnn3cc(-c4ccc(C(F)(F)F)nc4)cc23)C1(C)C. The van der Waals surface area contributed by atoms with Crippen LogP contribution in [0.3, 0.4) is 0 Å². The van der Waals surface area contributed by atoms with E-state index in [0.717, 1.165) is 18.9 Å². The summed E-state index contributed by atoms with van der Waals surface area (Å²) in [6.07, 6.45) is 1.82. The number of nitrogens with zero attached hydrogens (tertiary/aromatic N) is 3. The quantitative estimate of drug-likeness (QED) is 0.624. The zero-order chi connectivity index (χ0) is 22.6. The van der Waals surface area contributed by atoms with Crippen molar-refractivity contribution in [1.82, 2.24) is 14.6 Å². The molecule has 0 radical (unpaired) electrons. The van der Waals surface area contributed by atoms with Gasteiger partial charge in [-0.15, -0.1) is 0 Å². The molecule has 3 aromatic rings. The van der Waals surface area contributed by atoms with Gasteiger partial charge in [-0.1, -0.05) is 26.8 Å². The Labute approximate surface area is 177 Å². The lowest BCUT2D eigenvalue weighted by atomic mass is 9.80. The number of hydrogen-bond donors (Lipinski definition) is 2. The molecule has 3 heterocycles. The number of nitrogens with one attached hydrogen (secondary N) is 1. The lowest BCUT2D eigenvalue weighted by molar-refractivity contribution is -0.141. The highest BCUT2D eigenvalue weighted by Gasteiger charge is 2.41. The first-order valence-corrected chi connectivity index (χ1v) is 10.1. The summed E-state index contributed by atoms with van der Waals surface area (Å²) in [5, 5.41) is 7.79. The second-order valence-electron chi connectivity index (χ2n) is 8.78. The molecule has 2 atom stereocenters. The van der Waals surface area contributed by atoms with Crippen LogP contribution in [0.2, 0.25) is 0 Å². The molecular weight excluding hydrogens is 407 g/mol. The summed E-state index contributed by atoms with van der Waals surface area (Å²) in [5.74, 6) is -0.0826. The van der Waals surface area contributed by atoms with E-state index in [0.29, 0.717) is 28.2 Å². The molecular formula is C22H24F3N5O. The summed E-state index contributed by atoms with van der Waals surface area (Å²) >= 11 is 0. The van der Waals surface area contributed by atoms with Crippen LogP contribution in [0.4, 0.5) is 18.9 Å². The van der Waals surface area contributed by atoms with E-state index in [2.05, 4.69) is 36.2 Å². The van der Waals surface area contributed by atoms with Crippen LogP contribution < -0.4 is 11.1 Å². The van der Waals surface area contributed by atoms with E-state index in [1.165, 1.54) is 18.5 Å². The third kappa shape index (κ3) is 3.73. The van der Waals surface area contributed by atoms with E-state index < -0.39 is 17.8 Å². The molecule has 0 aliphatic heterocycles. The van der Waals surface area contributed by atoms with E-state index in [1.54, 1.807) is 16.8 Å². The molecule has 3 N–H and O–H groups in total. The fourth-order valence-corrected chi connectivity index (χ4v) is 4.22. The predicted molar refractivity (Wildman–Crippen MR) is 112 cm³/mol. The minimum Gasteiger partial charge on any atom is -0.379 e. The number of aromatic nitrogens is 3. The second-order valence-corrected chi connectivity index (χ2v) is 8.78. The smallest absolute Gasteiger partial charge is 0.379 e. The van der Waals surface area contributed by atoms with Crippen molar-refractivity contribution < 1.29 is 18.0 Å². The predicted octanol–water partition coefficient (Wildman–Crippen LogP) is 4.75. The average Bonchev–Trinajstić information content (AvgIpc) is 3.24. The monoisotopic (exact) mass is 431 g/mol. The lowest BCUT2D eigenvalue weighted by Crippen LogP contribution is -2.35. The Hall–Kier alpha value is -3.10. The molecule has 6 nitrogen and oxygen atoms in total. The Balaban J connectivity index is 1.77. The fraction of sp³-hybridized carbons (Fsp3) is 0.409. The maximum absolute atomic E-state index is 12.8. The molecule has 0 bridgehead atoms. The van der Waals surface area contributed by atoms with Crippen molar-refractivity contribution in [3.05, 3.63) is 48.0 Å². The van der Waals surface area contributed by atoms with Gasteiger partial charge in [0, 0.05) is 29.6 Å². The van der Waals surface area contributed by atoms with Crippen molar-refractivity contribution in [2.45, 2.75) is 45.8 Å². The second kappa shape index (κ2) is 7.25. The number of primary amides is 1. The van der Waals surface area contributed by atoms with Crippen LogP contribution >= 0.6 is 0 Å². The molecule has 0 spiro atoms. The maximum atomic E-state index is 12.8. The molecule has 1 amide bonds. The summed E-state index contributed by atoms with van der Waals surface area (Å²) in [7, 11) is 0. The van der Waals surface area contributed by atoms with Gasteiger partial charge in [0.05, 0.1) is 23.0 Å². The zero-order valence-corrected chi connectivity index (χ0v) is 17.5. The maximum Gasteiger partial charge on any atom is 0.433 e. The molecule has 1 fully saturated rings. The first-order valence-electron chi connectivity index (χ1n) is 10.1. The van der Waals surface area contributed by atoms with Crippen molar-refractivity contribution in [2.75, 3.05) is 5.32 Å². The van der Waals surface area contributed by atoms with Crippen LogP contribution in [0.1, 0.15) is 49.7 Å². The molecule has 1 saturated carbocycles. The Morgan fingerprint density at radius 1 is 1.23 bits per heavy atom. The van der Waals surface area contributed by atoms with Gasteiger partial charge < -0.3 is 11.1 Å². The van der Waals surface area contributed by atoms with Gasteiger partial charge in [0.25, 0.3) is 5.91 Å². The van der Waals surface area contributed by atoms with Gasteiger partial charge in [-0.3, -0.25) is 9.78 Å². The molecule has 1 aliphatic rings. The fourth-order valence-electron chi connectivity index (χ4n) is 4.22. The standard InChI is InChI=1S/C22H24F3N5O/c1-12-4-6-17(21(12,2)3)29-19-15(20(26)31)10-28-30-11-14(8-16(19)30)13-5-7-18(27-9-13)22(23,24)25/h5,7-12,17,29H,4,6H2,1-3H3,(H2,26,31)/t12?,17-/m1/s1. The van der Waals surface area contributed by atoms with Crippen molar-refractivity contribution in [1.29, 1.82) is 0 Å². The van der Waals surface area contributed by atoms with Crippen LogP contribution in [-0.4, -0.2) is 26.5 Å². The van der Waals surface area contributed by atoms with E-state index in [4.69, 9.17) is 5.73 Å². The molecule has 4 rings (SSSR count). The van der Waals surface area contributed by atoms with Crippen LogP contribution in [0, 0.1) is 11.3 Å². The van der Waals surface area contributed by atoms with Crippen molar-refractivity contribution >= 4 is 17.1 Å². The van der Waals surface area contributed by atoms with Crippen molar-refractivity contribution in [2.24, 2.45) is 17.1 Å². The topological polar surface area (TPSA) is 85.3 Å². The summed E-state index contributed by atoms with van der Waals surface area (Å²) in [5.41, 5.74) is 7.31. The number of carbonyl (C=O) groups excluding carboxylic acids is 1. The average molecular weight is 431 g/mol. The van der Waals surface area contributed by atoms with Crippen LogP contribution in [0.25, 0.3) is 16.6 Å². The highest BCUT2D eigenvalue weighted by atomic mass is 19.4. The number of halogens is 3. The molecule has 0 aromatic carbocycles. The molecule has 3 aromatic heterocycles. The van der Waals surface area contributed by atoms with Gasteiger partial charge in [-0.2, -0.15) is 18.3 Å². The number of alkyl halides is 3. The van der Waals surface area contributed by atoms with Crippen LogP contribution in [0.5, 0.6) is 0 Å². The molecule has 1 aliphatic carbocycles. The number of carbonyl (C=O) groups is 1. The lowest BCUT2D eigenvalue weighted by Gasteiger charge is -2.33. The van der Waals surface area contributed by atoms with Gasteiger partial charge in [0.2, 0.25) is 0 Å². The molecule has 31 heavy (non-hydrogen) atoms. The molecule has 0 saturated heterocycles. The Bertz CT molecular complexity index is 1130. The third-order valence-electron chi connectivity index (χ3n) is 6.66. The first-order chi connectivity index (χ1) is 14.5. The van der Waals surface area contributed by atoms with Gasteiger partial charge in [-0.05, 0) is 36.3 Å². The third-order valence-corrected chi connectivity index (χ3v) is 6.66. The highest BCUT2D eigenvalue weighted by molar-refractivity contribution is 6.02. The summed E-state index contributed by atoms with van der Waals surface area (Å²) in [6, 6.07) is 4.23. The zero-order valence-electron chi connectivity index (χ0n) is 17.5. The van der Waals surface area contributed by atoms with Crippen LogP contribution in [-0.2, 0) is 6.18 Å². The number of pyridine rings is 1. The Morgan fingerprint density at radius 2 is 1.97 bits per heavy atom. The van der Waals surface area contributed by atoms with Crippen LogP contribution in [0.15, 0.2) is 36.8 Å². The van der Waals surface area contributed by atoms with Crippen molar-refractivity contribution in [3.8, 4) is 11.1 Å². The Morgan fingerprint density at radius 3 is 2.52 bits per heavy atom. The minimum absolute atomic E-state index is 0.0158. The number of anilines is 1. The van der Waals surface area contributed by atoms with Gasteiger partial charge in [0.1, 0.15) is 5.69 Å². The number of hydrogen-bond acceptors (Lipinski definition) is 4. The highest BCUT2D eigenvalue weighted by Crippen LogP contribution is 2.44. The minimum atomic E-state index is -4.50.